The van der Waals surface area contributed by atoms with Crippen LogP contribution in [0.5, 0.6) is 0 Å². The summed E-state index contributed by atoms with van der Waals surface area (Å²) >= 11 is 6.68. The predicted octanol–water partition coefficient (Wildman–Crippen LogP) is 2.12. The second-order valence-electron chi connectivity index (χ2n) is 8.33. The minimum Gasteiger partial charge on any atom is -0.395 e. The van der Waals surface area contributed by atoms with Crippen LogP contribution in [-0.4, -0.2) is 80.4 Å². The van der Waals surface area contributed by atoms with Gasteiger partial charge < -0.3 is 10.0 Å². The summed E-state index contributed by atoms with van der Waals surface area (Å²) in [4.78, 5) is 37.8. The number of carbonyl (C=O) groups excluding carboxylic acids is 1. The molecule has 0 atom stereocenters. The van der Waals surface area contributed by atoms with Crippen LogP contribution in [0.2, 0.25) is 0 Å². The average Bonchev–Trinajstić information content (AvgIpc) is 3.07. The number of aryl methyl sites for hydroxylation is 1. The van der Waals surface area contributed by atoms with Gasteiger partial charge in [0.05, 0.1) is 17.1 Å². The van der Waals surface area contributed by atoms with E-state index in [0.717, 1.165) is 31.5 Å². The van der Waals surface area contributed by atoms with Crippen LogP contribution in [0.4, 0.5) is 5.82 Å². The highest BCUT2D eigenvalue weighted by Crippen LogP contribution is 2.33. The zero-order chi connectivity index (χ0) is 23.5. The second kappa shape index (κ2) is 10.3. The lowest BCUT2D eigenvalue weighted by molar-refractivity contribution is -0.122. The Hall–Kier alpha value is -2.27. The van der Waals surface area contributed by atoms with E-state index in [4.69, 9.17) is 17.2 Å². The van der Waals surface area contributed by atoms with E-state index in [0.29, 0.717) is 52.4 Å². The van der Waals surface area contributed by atoms with Crippen molar-refractivity contribution >= 4 is 51.7 Å². The van der Waals surface area contributed by atoms with Crippen molar-refractivity contribution in [3.8, 4) is 0 Å². The van der Waals surface area contributed by atoms with E-state index < -0.39 is 0 Å². The number of thioether (sulfide) groups is 1. The number of rotatable bonds is 7. The fraction of sp³-hybridized carbons (Fsp3) is 0.478. The minimum absolute atomic E-state index is 0.125. The highest BCUT2D eigenvalue weighted by molar-refractivity contribution is 8.26. The van der Waals surface area contributed by atoms with Crippen molar-refractivity contribution < 1.29 is 9.90 Å². The van der Waals surface area contributed by atoms with Gasteiger partial charge in [0.15, 0.2) is 0 Å². The summed E-state index contributed by atoms with van der Waals surface area (Å²) in [6.07, 6.45) is 5.29. The lowest BCUT2D eigenvalue weighted by atomic mass is 10.2. The van der Waals surface area contributed by atoms with Crippen LogP contribution in [-0.2, 0) is 4.79 Å². The lowest BCUT2D eigenvalue weighted by Crippen LogP contribution is -2.48. The Kier molecular flexibility index (Phi) is 7.48. The van der Waals surface area contributed by atoms with Gasteiger partial charge in [-0.1, -0.05) is 43.4 Å². The maximum absolute atomic E-state index is 13.6. The fourth-order valence-corrected chi connectivity index (χ4v) is 5.37. The number of aliphatic hydroxyl groups excluding tert-OH is 1. The first kappa shape index (κ1) is 23.9. The summed E-state index contributed by atoms with van der Waals surface area (Å²) in [5.74, 6) is 0.442. The molecule has 0 aliphatic carbocycles. The van der Waals surface area contributed by atoms with E-state index in [2.05, 4.69) is 16.7 Å². The number of thiocarbonyl (C=S) groups is 1. The van der Waals surface area contributed by atoms with Gasteiger partial charge in [0.25, 0.3) is 11.5 Å². The number of aliphatic hydroxyl groups is 1. The van der Waals surface area contributed by atoms with Crippen LogP contribution < -0.4 is 10.5 Å². The summed E-state index contributed by atoms with van der Waals surface area (Å²) in [5, 5.41) is 9.24. The molecule has 2 aliphatic rings. The molecule has 0 saturated carbocycles. The van der Waals surface area contributed by atoms with E-state index in [-0.39, 0.29) is 18.1 Å². The van der Waals surface area contributed by atoms with Gasteiger partial charge in [-0.3, -0.25) is 23.8 Å². The van der Waals surface area contributed by atoms with E-state index in [1.54, 1.807) is 21.6 Å². The Morgan fingerprint density at radius 3 is 2.64 bits per heavy atom. The molecule has 8 nitrogen and oxygen atoms in total. The first-order chi connectivity index (χ1) is 15.9. The molecule has 10 heteroatoms. The number of pyridine rings is 1. The van der Waals surface area contributed by atoms with Gasteiger partial charge >= 0.3 is 0 Å². The van der Waals surface area contributed by atoms with Crippen LogP contribution in [0.15, 0.2) is 28.0 Å². The maximum Gasteiger partial charge on any atom is 0.267 e. The van der Waals surface area contributed by atoms with E-state index in [9.17, 15) is 14.7 Å². The highest BCUT2D eigenvalue weighted by atomic mass is 32.2. The molecule has 4 rings (SSSR count). The second-order valence-corrected chi connectivity index (χ2v) is 10.0. The van der Waals surface area contributed by atoms with Gasteiger partial charge in [-0.05, 0) is 31.1 Å². The fourth-order valence-electron chi connectivity index (χ4n) is 4.08. The molecular formula is C23H29N5O3S2. The third-order valence-electron chi connectivity index (χ3n) is 5.96. The van der Waals surface area contributed by atoms with E-state index in [1.807, 2.05) is 19.1 Å². The molecule has 0 aromatic carbocycles. The molecule has 4 heterocycles. The molecule has 176 valence electrons. The molecule has 2 aromatic heterocycles. The number of unbranched alkanes of at least 4 members (excludes halogenated alkanes) is 1. The van der Waals surface area contributed by atoms with Gasteiger partial charge in [0.2, 0.25) is 0 Å². The van der Waals surface area contributed by atoms with Crippen molar-refractivity contribution in [2.24, 2.45) is 0 Å². The van der Waals surface area contributed by atoms with Crippen molar-refractivity contribution in [2.75, 3.05) is 50.8 Å². The highest BCUT2D eigenvalue weighted by Gasteiger charge is 2.32. The topological polar surface area (TPSA) is 81.4 Å². The summed E-state index contributed by atoms with van der Waals surface area (Å²) in [7, 11) is 0. The average molecular weight is 488 g/mol. The molecular weight excluding hydrogens is 458 g/mol. The summed E-state index contributed by atoms with van der Waals surface area (Å²) < 4.78 is 2.08. The first-order valence-electron chi connectivity index (χ1n) is 11.3. The Morgan fingerprint density at radius 2 is 1.94 bits per heavy atom. The van der Waals surface area contributed by atoms with Gasteiger partial charge in [0, 0.05) is 45.5 Å². The quantitative estimate of drug-likeness (QED) is 0.470. The Bertz CT molecular complexity index is 1150. The van der Waals surface area contributed by atoms with Crippen molar-refractivity contribution in [3.05, 3.63) is 44.7 Å². The molecule has 0 radical (unpaired) electrons. The van der Waals surface area contributed by atoms with Crippen molar-refractivity contribution in [2.45, 2.75) is 26.7 Å². The van der Waals surface area contributed by atoms with Crippen LogP contribution in [0.25, 0.3) is 11.7 Å². The first-order valence-corrected chi connectivity index (χ1v) is 12.5. The van der Waals surface area contributed by atoms with Crippen molar-refractivity contribution in [1.29, 1.82) is 0 Å². The molecule has 0 bridgehead atoms. The number of β-amino-alcohol motifs (C(OH)–C–C–N with tert-alkyl or cyclic N) is 1. The number of aromatic nitrogens is 2. The maximum atomic E-state index is 13.6. The van der Waals surface area contributed by atoms with E-state index in [1.165, 1.54) is 11.8 Å². The molecule has 2 aromatic rings. The van der Waals surface area contributed by atoms with Crippen molar-refractivity contribution in [3.63, 3.8) is 0 Å². The van der Waals surface area contributed by atoms with Crippen molar-refractivity contribution in [1.82, 2.24) is 19.2 Å². The zero-order valence-electron chi connectivity index (χ0n) is 19.0. The molecule has 1 N–H and O–H groups in total. The summed E-state index contributed by atoms with van der Waals surface area (Å²) in [6.45, 7) is 8.27. The number of anilines is 1. The number of nitrogens with zero attached hydrogens (tertiary/aromatic N) is 5. The van der Waals surface area contributed by atoms with Gasteiger partial charge in [-0.2, -0.15) is 0 Å². The van der Waals surface area contributed by atoms with Gasteiger partial charge in [-0.15, -0.1) is 0 Å². The Morgan fingerprint density at radius 1 is 1.18 bits per heavy atom. The smallest absolute Gasteiger partial charge is 0.267 e. The van der Waals surface area contributed by atoms with Gasteiger partial charge in [0.1, 0.15) is 15.8 Å². The third kappa shape index (κ3) is 4.98. The number of fused-ring (bicyclic) bond motifs is 1. The van der Waals surface area contributed by atoms with Gasteiger partial charge in [-0.25, -0.2) is 4.98 Å². The minimum atomic E-state index is -0.199. The van der Waals surface area contributed by atoms with Crippen LogP contribution in [0.1, 0.15) is 30.9 Å². The molecule has 2 aliphatic heterocycles. The predicted molar refractivity (Wildman–Crippen MR) is 137 cm³/mol. The Balaban J connectivity index is 1.76. The van der Waals surface area contributed by atoms with Crippen LogP contribution >= 0.6 is 24.0 Å². The summed E-state index contributed by atoms with van der Waals surface area (Å²) in [6, 6.07) is 3.78. The molecule has 2 saturated heterocycles. The van der Waals surface area contributed by atoms with Crippen LogP contribution in [0, 0.1) is 6.92 Å². The molecule has 1 amide bonds. The Labute approximate surface area is 202 Å². The summed E-state index contributed by atoms with van der Waals surface area (Å²) in [5.41, 5.74) is 1.74. The number of piperazine rings is 1. The molecule has 2 fully saturated rings. The van der Waals surface area contributed by atoms with Crippen LogP contribution in [0.3, 0.4) is 0 Å². The lowest BCUT2D eigenvalue weighted by Gasteiger charge is -2.35. The number of hydrogen-bond acceptors (Lipinski definition) is 8. The molecule has 33 heavy (non-hydrogen) atoms. The number of hydrogen-bond donors (Lipinski definition) is 1. The number of carbonyl (C=O) groups is 1. The SMILES string of the molecule is CCCCN1C(=O)/C(=C\c2c(N3CCN(CCO)CC3)nc3ccc(C)cn3c2=O)SC1=S. The zero-order valence-corrected chi connectivity index (χ0v) is 20.6. The molecule has 0 unspecified atom stereocenters. The van der Waals surface area contributed by atoms with E-state index >= 15 is 0 Å². The normalized spacial score (nSPS) is 18.8. The molecule has 0 spiro atoms. The largest absolute Gasteiger partial charge is 0.395 e. The monoisotopic (exact) mass is 487 g/mol. The standard InChI is InChI=1S/C23H29N5O3S2/c1-3-4-7-27-22(31)18(33-23(27)32)14-17-20(26-10-8-25(9-11-26)12-13-29)24-19-6-5-16(2)15-28(19)21(17)30/h5-6,14-15,29H,3-4,7-13H2,1-2H3/b18-14+. The number of amides is 1. The third-order valence-corrected chi connectivity index (χ3v) is 7.34.